The minimum atomic E-state index is -1.23. The maximum atomic E-state index is 10.7. The average molecular weight is 256 g/mol. The fraction of sp³-hybridized carbons (Fsp3) is 0.250. The molecule has 2 N–H and O–H groups in total. The summed E-state index contributed by atoms with van der Waals surface area (Å²) in [6, 6.07) is -0.401. The van der Waals surface area contributed by atoms with E-state index in [1.807, 2.05) is 0 Å². The maximum Gasteiger partial charge on any atom is 0.325 e. The minimum absolute atomic E-state index is 0.333. The quantitative estimate of drug-likeness (QED) is 0.579. The third kappa shape index (κ3) is 2.87. The topological polar surface area (TPSA) is 148 Å². The largest absolute Gasteiger partial charge is 0.480 e. The maximum absolute atomic E-state index is 10.7. The third-order valence-corrected chi connectivity index (χ3v) is 1.98. The summed E-state index contributed by atoms with van der Waals surface area (Å²) in [6.45, 7) is 1.26. The summed E-state index contributed by atoms with van der Waals surface area (Å²) in [5.74, 6) is -1.56. The molecule has 0 saturated heterocycles. The van der Waals surface area contributed by atoms with Gasteiger partial charge in [-0.15, -0.1) is 0 Å². The zero-order chi connectivity index (χ0) is 13.9. The van der Waals surface area contributed by atoms with Gasteiger partial charge in [0.1, 0.15) is 12.2 Å². The van der Waals surface area contributed by atoms with Gasteiger partial charge in [-0.2, -0.15) is 0 Å². The van der Waals surface area contributed by atoms with E-state index in [4.69, 9.17) is 5.11 Å². The Morgan fingerprint density at radius 3 is 2.50 bits per heavy atom. The van der Waals surface area contributed by atoms with Gasteiger partial charge in [0.15, 0.2) is 0 Å². The number of hydrogen-bond acceptors (Lipinski definition) is 7. The van der Waals surface area contributed by atoms with Crippen molar-refractivity contribution in [3.63, 3.8) is 0 Å². The van der Waals surface area contributed by atoms with Gasteiger partial charge in [-0.3, -0.25) is 25.0 Å². The Balaban J connectivity index is 3.16. The first-order chi connectivity index (χ1) is 8.32. The number of carboxylic acid groups (broad SMARTS) is 1. The fourth-order valence-electron chi connectivity index (χ4n) is 1.06. The van der Waals surface area contributed by atoms with E-state index in [1.165, 1.54) is 6.92 Å². The van der Waals surface area contributed by atoms with E-state index in [0.29, 0.717) is 6.07 Å². The minimum Gasteiger partial charge on any atom is -0.480 e. The summed E-state index contributed by atoms with van der Waals surface area (Å²) in [7, 11) is 0. The number of pyridine rings is 1. The predicted molar refractivity (Wildman–Crippen MR) is 58.3 cm³/mol. The highest BCUT2D eigenvalue weighted by molar-refractivity contribution is 5.77. The number of carbonyl (C=O) groups is 1. The molecule has 0 aliphatic heterocycles. The van der Waals surface area contributed by atoms with Crippen molar-refractivity contribution >= 4 is 23.2 Å². The summed E-state index contributed by atoms with van der Waals surface area (Å²) in [6.07, 6.45) is 0.809. The molecular weight excluding hydrogens is 248 g/mol. The van der Waals surface area contributed by atoms with Crippen LogP contribution in [0, 0.1) is 20.2 Å². The summed E-state index contributed by atoms with van der Waals surface area (Å²) < 4.78 is 0. The molecule has 1 unspecified atom stereocenters. The number of aliphatic carboxylic acids is 1. The highest BCUT2D eigenvalue weighted by Crippen LogP contribution is 2.26. The molecule has 0 spiro atoms. The normalized spacial score (nSPS) is 11.6. The van der Waals surface area contributed by atoms with Gasteiger partial charge in [-0.1, -0.05) is 0 Å². The first kappa shape index (κ1) is 13.3. The second-order valence-electron chi connectivity index (χ2n) is 3.28. The van der Waals surface area contributed by atoms with Crippen LogP contribution in [0.2, 0.25) is 0 Å². The number of hydrogen-bond donors (Lipinski definition) is 2. The SMILES string of the molecule is CC(Nc1ncc([N+](=O)[O-])cc1[N+](=O)[O-])C(=O)O. The second-order valence-corrected chi connectivity index (χ2v) is 3.28. The fourth-order valence-corrected chi connectivity index (χ4v) is 1.06. The molecular formula is C8H8N4O6. The lowest BCUT2D eigenvalue weighted by molar-refractivity contribution is -0.394. The molecule has 10 nitrogen and oxygen atoms in total. The van der Waals surface area contributed by atoms with Crippen LogP contribution < -0.4 is 5.32 Å². The molecule has 0 aliphatic carbocycles. The van der Waals surface area contributed by atoms with Crippen molar-refractivity contribution in [1.82, 2.24) is 4.98 Å². The summed E-state index contributed by atoms with van der Waals surface area (Å²) in [5.41, 5.74) is -1.20. The zero-order valence-electron chi connectivity index (χ0n) is 9.06. The number of carboxylic acids is 1. The Morgan fingerprint density at radius 2 is 2.06 bits per heavy atom. The summed E-state index contributed by atoms with van der Waals surface area (Å²) in [4.78, 5) is 33.5. The number of rotatable bonds is 5. The van der Waals surface area contributed by atoms with Gasteiger partial charge >= 0.3 is 11.7 Å². The highest BCUT2D eigenvalue weighted by atomic mass is 16.6. The first-order valence-electron chi connectivity index (χ1n) is 4.61. The van der Waals surface area contributed by atoms with Gasteiger partial charge < -0.3 is 10.4 Å². The molecule has 0 aromatic carbocycles. The monoisotopic (exact) mass is 256 g/mol. The second kappa shape index (κ2) is 5.03. The van der Waals surface area contributed by atoms with Gasteiger partial charge in [0.05, 0.1) is 15.9 Å². The summed E-state index contributed by atoms with van der Waals surface area (Å²) in [5, 5.41) is 32.1. The van der Waals surface area contributed by atoms with Crippen LogP contribution in [0.3, 0.4) is 0 Å². The van der Waals surface area contributed by atoms with Crippen LogP contribution in [0.1, 0.15) is 6.92 Å². The lowest BCUT2D eigenvalue weighted by Crippen LogP contribution is -2.26. The van der Waals surface area contributed by atoms with E-state index in [9.17, 15) is 25.0 Å². The van der Waals surface area contributed by atoms with Gasteiger partial charge in [-0.25, -0.2) is 4.98 Å². The molecule has 0 radical (unpaired) electrons. The van der Waals surface area contributed by atoms with Crippen molar-refractivity contribution in [2.24, 2.45) is 0 Å². The molecule has 0 bridgehead atoms. The van der Waals surface area contributed by atoms with E-state index in [-0.39, 0.29) is 5.82 Å². The van der Waals surface area contributed by atoms with Crippen molar-refractivity contribution in [1.29, 1.82) is 0 Å². The Hall–Kier alpha value is -2.78. The average Bonchev–Trinajstić information content (AvgIpc) is 2.28. The van der Waals surface area contributed by atoms with Crippen LogP contribution in [0.4, 0.5) is 17.2 Å². The Labute approximate surface area is 99.6 Å². The Kier molecular flexibility index (Phi) is 3.72. The van der Waals surface area contributed by atoms with Crippen LogP contribution in [-0.2, 0) is 4.79 Å². The lowest BCUT2D eigenvalue weighted by atomic mass is 10.3. The van der Waals surface area contributed by atoms with Crippen molar-refractivity contribution in [2.75, 3.05) is 5.32 Å². The first-order valence-corrected chi connectivity index (χ1v) is 4.61. The number of anilines is 1. The standard InChI is InChI=1S/C8H8N4O6/c1-4(8(13)14)10-7-6(12(17)18)2-5(3-9-7)11(15)16/h2-4H,1H3,(H,9,10)(H,13,14). The van der Waals surface area contributed by atoms with E-state index >= 15 is 0 Å². The van der Waals surface area contributed by atoms with Crippen molar-refractivity contribution in [2.45, 2.75) is 13.0 Å². The number of aromatic nitrogens is 1. The number of nitro groups is 2. The molecule has 1 atom stereocenters. The van der Waals surface area contributed by atoms with Crippen LogP contribution in [0.25, 0.3) is 0 Å². The molecule has 18 heavy (non-hydrogen) atoms. The lowest BCUT2D eigenvalue weighted by Gasteiger charge is -2.09. The van der Waals surface area contributed by atoms with Gasteiger partial charge in [0.25, 0.3) is 5.69 Å². The molecule has 0 aliphatic rings. The van der Waals surface area contributed by atoms with Crippen molar-refractivity contribution in [3.05, 3.63) is 32.5 Å². The summed E-state index contributed by atoms with van der Waals surface area (Å²) >= 11 is 0. The molecule has 0 fully saturated rings. The van der Waals surface area contributed by atoms with Crippen molar-refractivity contribution < 1.29 is 19.7 Å². The zero-order valence-corrected chi connectivity index (χ0v) is 9.06. The van der Waals surface area contributed by atoms with E-state index in [2.05, 4.69) is 10.3 Å². The van der Waals surface area contributed by atoms with E-state index in [1.54, 1.807) is 0 Å². The van der Waals surface area contributed by atoms with Crippen molar-refractivity contribution in [3.8, 4) is 0 Å². The molecule has 1 rings (SSSR count). The van der Waals surface area contributed by atoms with Crippen LogP contribution in [0.15, 0.2) is 12.3 Å². The molecule has 1 aromatic heterocycles. The number of nitrogens with one attached hydrogen (secondary N) is 1. The molecule has 10 heteroatoms. The van der Waals surface area contributed by atoms with Crippen LogP contribution in [-0.4, -0.2) is 31.9 Å². The van der Waals surface area contributed by atoms with Gasteiger partial charge in [0, 0.05) is 0 Å². The molecule has 96 valence electrons. The van der Waals surface area contributed by atoms with Crippen LogP contribution in [0.5, 0.6) is 0 Å². The van der Waals surface area contributed by atoms with Crippen LogP contribution >= 0.6 is 0 Å². The predicted octanol–water partition coefficient (Wildman–Crippen LogP) is 0.783. The van der Waals surface area contributed by atoms with Gasteiger partial charge in [-0.05, 0) is 6.92 Å². The molecule has 0 amide bonds. The van der Waals surface area contributed by atoms with Gasteiger partial charge in [0.2, 0.25) is 5.82 Å². The Morgan fingerprint density at radius 1 is 1.44 bits per heavy atom. The third-order valence-electron chi connectivity index (χ3n) is 1.98. The smallest absolute Gasteiger partial charge is 0.325 e. The molecule has 1 aromatic rings. The highest BCUT2D eigenvalue weighted by Gasteiger charge is 2.23. The van der Waals surface area contributed by atoms with E-state index in [0.717, 1.165) is 6.20 Å². The number of nitrogens with zero attached hydrogens (tertiary/aromatic N) is 3. The molecule has 0 saturated carbocycles. The van der Waals surface area contributed by atoms with E-state index < -0.39 is 33.2 Å². The Bertz CT molecular complexity index is 516. The molecule has 1 heterocycles.